The van der Waals surface area contributed by atoms with Crippen LogP contribution in [0.1, 0.15) is 36.4 Å². The molecular weight excluding hydrogens is 325 g/mol. The number of rotatable bonds is 5. The van der Waals surface area contributed by atoms with Crippen molar-refractivity contribution in [3.05, 3.63) is 47.6 Å². The molecule has 4 rings (SSSR count). The highest BCUT2D eigenvalue weighted by Gasteiger charge is 2.29. The molecule has 1 unspecified atom stereocenters. The zero-order chi connectivity index (χ0) is 17.2. The average molecular weight is 345 g/mol. The van der Waals surface area contributed by atoms with Crippen molar-refractivity contribution in [2.24, 2.45) is 5.92 Å². The molecule has 132 valence electrons. The molecule has 1 aromatic carbocycles. The van der Waals surface area contributed by atoms with Crippen LogP contribution in [0.4, 0.5) is 4.39 Å². The first-order valence-electron chi connectivity index (χ1n) is 8.48. The van der Waals surface area contributed by atoms with Gasteiger partial charge in [-0.2, -0.15) is 4.98 Å². The summed E-state index contributed by atoms with van der Waals surface area (Å²) in [4.78, 5) is 4.39. The van der Waals surface area contributed by atoms with Gasteiger partial charge in [-0.25, -0.2) is 4.39 Å². The lowest BCUT2D eigenvalue weighted by Crippen LogP contribution is -2.32. The Kier molecular flexibility index (Phi) is 4.50. The van der Waals surface area contributed by atoms with Crippen molar-refractivity contribution in [3.8, 4) is 0 Å². The van der Waals surface area contributed by atoms with E-state index in [1.165, 1.54) is 12.1 Å². The normalized spacial score (nSPS) is 17.2. The summed E-state index contributed by atoms with van der Waals surface area (Å²) in [6.45, 7) is 3.78. The number of benzene rings is 1. The number of aryl methyl sites for hydroxylation is 1. The average Bonchev–Trinajstić information content (AvgIpc) is 3.22. The van der Waals surface area contributed by atoms with Gasteiger partial charge in [0, 0.05) is 18.6 Å². The van der Waals surface area contributed by atoms with Gasteiger partial charge < -0.3 is 13.7 Å². The molecule has 1 aliphatic rings. The Morgan fingerprint density at radius 1 is 1.28 bits per heavy atom. The smallest absolute Gasteiger partial charge is 0.244 e. The molecule has 3 aromatic rings. The number of nitrogens with zero attached hydrogens (tertiary/aromatic N) is 2. The Labute approximate surface area is 144 Å². The van der Waals surface area contributed by atoms with Crippen molar-refractivity contribution in [2.75, 3.05) is 13.2 Å². The van der Waals surface area contributed by atoms with E-state index in [1.807, 2.05) is 13.0 Å². The standard InChI is InChI=1S/C18H20FN3O3/c1-11-21-18(25-22-11)17(12-4-6-23-7-5-12)20-10-15-9-13-8-14(19)2-3-16(13)24-15/h2-3,8-9,12,17,20H,4-7,10H2,1H3. The minimum Gasteiger partial charge on any atom is -0.460 e. The molecule has 0 amide bonds. The second-order valence-electron chi connectivity index (χ2n) is 6.38. The van der Waals surface area contributed by atoms with E-state index in [0.29, 0.717) is 29.8 Å². The molecule has 2 aromatic heterocycles. The predicted molar refractivity (Wildman–Crippen MR) is 88.3 cm³/mol. The Morgan fingerprint density at radius 3 is 2.88 bits per heavy atom. The molecule has 1 atom stereocenters. The lowest BCUT2D eigenvalue weighted by Gasteiger charge is -2.28. The summed E-state index contributed by atoms with van der Waals surface area (Å²) in [5, 5.41) is 8.14. The summed E-state index contributed by atoms with van der Waals surface area (Å²) in [6, 6.07) is 6.31. The molecule has 25 heavy (non-hydrogen) atoms. The molecule has 0 bridgehead atoms. The van der Waals surface area contributed by atoms with Gasteiger partial charge in [-0.1, -0.05) is 5.16 Å². The van der Waals surface area contributed by atoms with E-state index in [9.17, 15) is 4.39 Å². The van der Waals surface area contributed by atoms with Crippen LogP contribution in [0.5, 0.6) is 0 Å². The van der Waals surface area contributed by atoms with Gasteiger partial charge in [0.15, 0.2) is 5.82 Å². The number of aromatic nitrogens is 2. The van der Waals surface area contributed by atoms with Crippen molar-refractivity contribution in [1.82, 2.24) is 15.5 Å². The van der Waals surface area contributed by atoms with Crippen LogP contribution in [0.25, 0.3) is 11.0 Å². The molecule has 6 nitrogen and oxygen atoms in total. The van der Waals surface area contributed by atoms with Crippen LogP contribution in [0.3, 0.4) is 0 Å². The highest BCUT2D eigenvalue weighted by molar-refractivity contribution is 5.77. The molecule has 1 fully saturated rings. The topological polar surface area (TPSA) is 73.3 Å². The first kappa shape index (κ1) is 16.2. The van der Waals surface area contributed by atoms with Gasteiger partial charge in [-0.05, 0) is 49.9 Å². The van der Waals surface area contributed by atoms with Gasteiger partial charge in [-0.3, -0.25) is 5.32 Å². The summed E-state index contributed by atoms with van der Waals surface area (Å²) >= 11 is 0. The Balaban J connectivity index is 1.52. The fourth-order valence-corrected chi connectivity index (χ4v) is 3.31. The molecule has 7 heteroatoms. The fraction of sp³-hybridized carbons (Fsp3) is 0.444. The van der Waals surface area contributed by atoms with E-state index in [-0.39, 0.29) is 11.9 Å². The quantitative estimate of drug-likeness (QED) is 0.763. The van der Waals surface area contributed by atoms with Crippen LogP contribution in [-0.2, 0) is 11.3 Å². The number of furan rings is 1. The first-order valence-corrected chi connectivity index (χ1v) is 8.48. The summed E-state index contributed by atoms with van der Waals surface area (Å²) in [6.07, 6.45) is 1.87. The highest BCUT2D eigenvalue weighted by Crippen LogP contribution is 2.30. The van der Waals surface area contributed by atoms with Crippen molar-refractivity contribution < 1.29 is 18.1 Å². The third-order valence-corrected chi connectivity index (χ3v) is 4.57. The minimum atomic E-state index is -0.269. The van der Waals surface area contributed by atoms with Gasteiger partial charge >= 0.3 is 0 Å². The van der Waals surface area contributed by atoms with Gasteiger partial charge in [0.25, 0.3) is 0 Å². The largest absolute Gasteiger partial charge is 0.460 e. The zero-order valence-corrected chi connectivity index (χ0v) is 14.0. The summed E-state index contributed by atoms with van der Waals surface area (Å²) in [5.41, 5.74) is 0.675. The second-order valence-corrected chi connectivity index (χ2v) is 6.38. The number of nitrogens with one attached hydrogen (secondary N) is 1. The summed E-state index contributed by atoms with van der Waals surface area (Å²) < 4.78 is 30.0. The SMILES string of the molecule is Cc1noc(C(NCc2cc3cc(F)ccc3o2)C2CCOCC2)n1. The van der Waals surface area contributed by atoms with E-state index < -0.39 is 0 Å². The number of fused-ring (bicyclic) bond motifs is 1. The molecular formula is C18H20FN3O3. The van der Waals surface area contributed by atoms with E-state index >= 15 is 0 Å². The van der Waals surface area contributed by atoms with Crippen molar-refractivity contribution >= 4 is 11.0 Å². The maximum absolute atomic E-state index is 13.3. The van der Waals surface area contributed by atoms with Crippen LogP contribution in [0, 0.1) is 18.7 Å². The zero-order valence-electron chi connectivity index (χ0n) is 14.0. The van der Waals surface area contributed by atoms with E-state index in [2.05, 4.69) is 15.5 Å². The van der Waals surface area contributed by atoms with Crippen molar-refractivity contribution in [1.29, 1.82) is 0 Å². The Morgan fingerprint density at radius 2 is 2.12 bits per heavy atom. The Bertz CT molecular complexity index is 854. The monoisotopic (exact) mass is 345 g/mol. The Hall–Kier alpha value is -2.25. The number of ether oxygens (including phenoxy) is 1. The van der Waals surface area contributed by atoms with E-state index in [0.717, 1.165) is 37.2 Å². The third kappa shape index (κ3) is 3.57. The van der Waals surface area contributed by atoms with Gasteiger partial charge in [0.1, 0.15) is 17.2 Å². The van der Waals surface area contributed by atoms with Crippen molar-refractivity contribution in [2.45, 2.75) is 32.4 Å². The summed E-state index contributed by atoms with van der Waals surface area (Å²) in [5.74, 6) is 2.04. The van der Waals surface area contributed by atoms with Crippen LogP contribution in [0.15, 0.2) is 33.2 Å². The predicted octanol–water partition coefficient (Wildman–Crippen LogP) is 3.52. The van der Waals surface area contributed by atoms with Gasteiger partial charge in [0.2, 0.25) is 5.89 Å². The third-order valence-electron chi connectivity index (χ3n) is 4.57. The van der Waals surface area contributed by atoms with E-state index in [4.69, 9.17) is 13.7 Å². The number of hydrogen-bond acceptors (Lipinski definition) is 6. The molecule has 0 aliphatic carbocycles. The highest BCUT2D eigenvalue weighted by atomic mass is 19.1. The number of hydrogen-bond donors (Lipinski definition) is 1. The summed E-state index contributed by atoms with van der Waals surface area (Å²) in [7, 11) is 0. The van der Waals surface area contributed by atoms with Gasteiger partial charge in [-0.15, -0.1) is 0 Å². The van der Waals surface area contributed by atoms with Crippen molar-refractivity contribution in [3.63, 3.8) is 0 Å². The maximum atomic E-state index is 13.3. The molecule has 1 aliphatic heterocycles. The number of halogens is 1. The van der Waals surface area contributed by atoms with E-state index in [1.54, 1.807) is 6.07 Å². The van der Waals surface area contributed by atoms with Gasteiger partial charge in [0.05, 0.1) is 12.6 Å². The lowest BCUT2D eigenvalue weighted by atomic mass is 9.91. The molecule has 3 heterocycles. The molecule has 0 radical (unpaired) electrons. The van der Waals surface area contributed by atoms with Crippen LogP contribution < -0.4 is 5.32 Å². The minimum absolute atomic E-state index is 0.0601. The molecule has 1 N–H and O–H groups in total. The second kappa shape index (κ2) is 6.93. The molecule has 0 spiro atoms. The van der Waals surface area contributed by atoms with Crippen LogP contribution in [-0.4, -0.2) is 23.4 Å². The fourth-order valence-electron chi connectivity index (χ4n) is 3.31. The first-order chi connectivity index (χ1) is 12.2. The van der Waals surface area contributed by atoms with Crippen LogP contribution >= 0.6 is 0 Å². The maximum Gasteiger partial charge on any atom is 0.244 e. The lowest BCUT2D eigenvalue weighted by molar-refractivity contribution is 0.0483. The molecule has 0 saturated carbocycles. The molecule has 1 saturated heterocycles. The van der Waals surface area contributed by atoms with Crippen LogP contribution in [0.2, 0.25) is 0 Å².